The Hall–Kier alpha value is -1.62. The number of carbonyl (C=O) groups excluding carboxylic acids is 1. The van der Waals surface area contributed by atoms with Crippen LogP contribution < -0.4 is 10.1 Å². The summed E-state index contributed by atoms with van der Waals surface area (Å²) in [6, 6.07) is 5.63. The summed E-state index contributed by atoms with van der Waals surface area (Å²) < 4.78 is 23.1. The summed E-state index contributed by atoms with van der Waals surface area (Å²) in [4.78, 5) is 11.3. The van der Waals surface area contributed by atoms with Gasteiger partial charge in [-0.05, 0) is 12.1 Å². The normalized spacial score (nSPS) is 23.4. The first kappa shape index (κ1) is 11.9. The summed E-state index contributed by atoms with van der Waals surface area (Å²) in [5.74, 6) is -0.157. The predicted octanol–water partition coefficient (Wildman–Crippen LogP) is 1.11. The van der Waals surface area contributed by atoms with Crippen molar-refractivity contribution in [2.45, 2.75) is 18.6 Å². The molecule has 2 unspecified atom stereocenters. The minimum atomic E-state index is -0.335. The van der Waals surface area contributed by atoms with E-state index in [1.807, 2.05) is 0 Å². The van der Waals surface area contributed by atoms with Crippen molar-refractivity contribution in [3.63, 3.8) is 0 Å². The second-order valence-corrected chi connectivity index (χ2v) is 3.92. The van der Waals surface area contributed by atoms with Gasteiger partial charge in [0.25, 0.3) is 0 Å². The van der Waals surface area contributed by atoms with Crippen molar-refractivity contribution in [1.29, 1.82) is 0 Å². The molecule has 92 valence electrons. The first-order valence-electron chi connectivity index (χ1n) is 5.42. The Morgan fingerprint density at radius 3 is 3.06 bits per heavy atom. The second-order valence-electron chi connectivity index (χ2n) is 3.92. The van der Waals surface area contributed by atoms with E-state index in [0.29, 0.717) is 18.7 Å². The monoisotopic (exact) mass is 239 g/mol. The SMILES string of the molecule is COC(=O)C1CC(Oc2cccc(F)c2)CN1. The molecule has 0 radical (unpaired) electrons. The molecule has 1 N–H and O–H groups in total. The molecule has 0 spiro atoms. The Kier molecular flexibility index (Phi) is 3.58. The fraction of sp³-hybridized carbons (Fsp3) is 0.417. The highest BCUT2D eigenvalue weighted by atomic mass is 19.1. The second kappa shape index (κ2) is 5.14. The van der Waals surface area contributed by atoms with Gasteiger partial charge in [-0.3, -0.25) is 4.79 Å². The number of esters is 1. The molecule has 17 heavy (non-hydrogen) atoms. The molecular formula is C12H14FNO3. The number of hydrogen-bond acceptors (Lipinski definition) is 4. The van der Waals surface area contributed by atoms with Gasteiger partial charge in [-0.15, -0.1) is 0 Å². The molecule has 1 aliphatic heterocycles. The Bertz CT molecular complexity index is 410. The number of rotatable bonds is 3. The number of ether oxygens (including phenoxy) is 2. The van der Waals surface area contributed by atoms with Gasteiger partial charge < -0.3 is 14.8 Å². The maximum atomic E-state index is 12.9. The zero-order valence-corrected chi connectivity index (χ0v) is 9.48. The average Bonchev–Trinajstić information content (AvgIpc) is 2.76. The van der Waals surface area contributed by atoms with Gasteiger partial charge in [0.05, 0.1) is 7.11 Å². The first-order chi connectivity index (χ1) is 8.19. The Morgan fingerprint density at radius 2 is 2.35 bits per heavy atom. The zero-order valence-electron chi connectivity index (χ0n) is 9.48. The molecule has 1 saturated heterocycles. The fourth-order valence-corrected chi connectivity index (χ4v) is 1.85. The zero-order chi connectivity index (χ0) is 12.3. The van der Waals surface area contributed by atoms with Crippen LogP contribution in [0.15, 0.2) is 24.3 Å². The summed E-state index contributed by atoms with van der Waals surface area (Å²) in [7, 11) is 1.35. The van der Waals surface area contributed by atoms with Gasteiger partial charge in [-0.2, -0.15) is 0 Å². The van der Waals surface area contributed by atoms with Crippen LogP contribution in [0, 0.1) is 5.82 Å². The van der Waals surface area contributed by atoms with E-state index in [0.717, 1.165) is 0 Å². The van der Waals surface area contributed by atoms with Crippen molar-refractivity contribution in [2.24, 2.45) is 0 Å². The lowest BCUT2D eigenvalue weighted by Gasteiger charge is -2.12. The molecule has 1 aromatic carbocycles. The van der Waals surface area contributed by atoms with Crippen LogP contribution in [0.1, 0.15) is 6.42 Å². The fourth-order valence-electron chi connectivity index (χ4n) is 1.85. The minimum absolute atomic E-state index is 0.138. The van der Waals surface area contributed by atoms with Crippen molar-refractivity contribution in [3.8, 4) is 5.75 Å². The summed E-state index contributed by atoms with van der Waals surface area (Å²) in [6.07, 6.45) is 0.393. The smallest absolute Gasteiger partial charge is 0.323 e. The van der Waals surface area contributed by atoms with Crippen LogP contribution in [0.3, 0.4) is 0 Å². The maximum Gasteiger partial charge on any atom is 0.323 e. The van der Waals surface area contributed by atoms with Crippen molar-refractivity contribution in [1.82, 2.24) is 5.32 Å². The van der Waals surface area contributed by atoms with Gasteiger partial charge >= 0.3 is 5.97 Å². The van der Waals surface area contributed by atoms with Gasteiger partial charge in [0.1, 0.15) is 23.7 Å². The van der Waals surface area contributed by atoms with Crippen LogP contribution in [-0.4, -0.2) is 31.8 Å². The van der Waals surface area contributed by atoms with E-state index < -0.39 is 0 Å². The molecule has 1 fully saturated rings. The highest BCUT2D eigenvalue weighted by Crippen LogP contribution is 2.18. The van der Waals surface area contributed by atoms with E-state index in [2.05, 4.69) is 10.1 Å². The molecular weight excluding hydrogens is 225 g/mol. The topological polar surface area (TPSA) is 47.6 Å². The number of nitrogens with one attached hydrogen (secondary N) is 1. The number of benzene rings is 1. The van der Waals surface area contributed by atoms with Gasteiger partial charge in [0, 0.05) is 19.0 Å². The summed E-state index contributed by atoms with van der Waals surface area (Å²) in [6.45, 7) is 0.552. The molecule has 1 aromatic rings. The van der Waals surface area contributed by atoms with Crippen LogP contribution in [0.2, 0.25) is 0 Å². The van der Waals surface area contributed by atoms with Crippen molar-refractivity contribution in [3.05, 3.63) is 30.1 Å². The standard InChI is InChI=1S/C12H14FNO3/c1-16-12(15)11-6-10(7-14-11)17-9-4-2-3-8(13)5-9/h2-5,10-11,14H,6-7H2,1H3. The molecule has 2 rings (SSSR count). The number of hydrogen-bond donors (Lipinski definition) is 1. The Labute approximate surface area is 98.7 Å². The van der Waals surface area contributed by atoms with E-state index >= 15 is 0 Å². The Balaban J connectivity index is 1.92. The van der Waals surface area contributed by atoms with E-state index in [-0.39, 0.29) is 23.9 Å². The van der Waals surface area contributed by atoms with Gasteiger partial charge in [0.15, 0.2) is 0 Å². The molecule has 4 nitrogen and oxygen atoms in total. The lowest BCUT2D eigenvalue weighted by molar-refractivity contribution is -0.142. The van der Waals surface area contributed by atoms with Crippen LogP contribution in [-0.2, 0) is 9.53 Å². The molecule has 0 bridgehead atoms. The third-order valence-corrected chi connectivity index (χ3v) is 2.68. The summed E-state index contributed by atoms with van der Waals surface area (Å²) >= 11 is 0. The van der Waals surface area contributed by atoms with Crippen LogP contribution >= 0.6 is 0 Å². The largest absolute Gasteiger partial charge is 0.489 e. The van der Waals surface area contributed by atoms with Crippen LogP contribution in [0.25, 0.3) is 0 Å². The molecule has 1 aliphatic rings. The first-order valence-corrected chi connectivity index (χ1v) is 5.42. The maximum absolute atomic E-state index is 12.9. The highest BCUT2D eigenvalue weighted by Gasteiger charge is 2.31. The van der Waals surface area contributed by atoms with Crippen LogP contribution in [0.4, 0.5) is 4.39 Å². The van der Waals surface area contributed by atoms with Crippen molar-refractivity contribution >= 4 is 5.97 Å². The summed E-state index contributed by atoms with van der Waals surface area (Å²) in [5.41, 5.74) is 0. The molecule has 0 aliphatic carbocycles. The van der Waals surface area contributed by atoms with E-state index in [9.17, 15) is 9.18 Å². The molecule has 2 atom stereocenters. The van der Waals surface area contributed by atoms with Crippen molar-refractivity contribution < 1.29 is 18.7 Å². The Morgan fingerprint density at radius 1 is 1.53 bits per heavy atom. The molecule has 5 heteroatoms. The third kappa shape index (κ3) is 2.94. The highest BCUT2D eigenvalue weighted by molar-refractivity contribution is 5.76. The number of halogens is 1. The predicted molar refractivity (Wildman–Crippen MR) is 59.2 cm³/mol. The number of carbonyl (C=O) groups is 1. The molecule has 0 aromatic heterocycles. The lowest BCUT2D eigenvalue weighted by atomic mass is 10.2. The van der Waals surface area contributed by atoms with Crippen molar-refractivity contribution in [2.75, 3.05) is 13.7 Å². The van der Waals surface area contributed by atoms with Gasteiger partial charge in [-0.25, -0.2) is 4.39 Å². The van der Waals surface area contributed by atoms with Gasteiger partial charge in [-0.1, -0.05) is 6.07 Å². The van der Waals surface area contributed by atoms with E-state index in [1.54, 1.807) is 12.1 Å². The molecule has 0 saturated carbocycles. The lowest BCUT2D eigenvalue weighted by Crippen LogP contribution is -2.31. The van der Waals surface area contributed by atoms with E-state index in [1.165, 1.54) is 19.2 Å². The van der Waals surface area contributed by atoms with Gasteiger partial charge in [0.2, 0.25) is 0 Å². The minimum Gasteiger partial charge on any atom is -0.489 e. The molecule has 1 heterocycles. The van der Waals surface area contributed by atoms with Crippen LogP contribution in [0.5, 0.6) is 5.75 Å². The van der Waals surface area contributed by atoms with E-state index in [4.69, 9.17) is 4.74 Å². The third-order valence-electron chi connectivity index (χ3n) is 2.68. The quantitative estimate of drug-likeness (QED) is 0.803. The number of methoxy groups -OCH3 is 1. The average molecular weight is 239 g/mol. The summed E-state index contributed by atoms with van der Waals surface area (Å²) in [5, 5.41) is 3.00. The molecule has 0 amide bonds.